The minimum absolute atomic E-state index is 0.0230. The summed E-state index contributed by atoms with van der Waals surface area (Å²) in [7, 11) is 0. The van der Waals surface area contributed by atoms with Crippen molar-refractivity contribution in [2.24, 2.45) is 0 Å². The van der Waals surface area contributed by atoms with Crippen molar-refractivity contribution in [1.29, 1.82) is 0 Å². The van der Waals surface area contributed by atoms with Gasteiger partial charge in [0, 0.05) is 18.4 Å². The predicted octanol–water partition coefficient (Wildman–Crippen LogP) is 4.21. The van der Waals surface area contributed by atoms with Gasteiger partial charge in [0.25, 0.3) is 0 Å². The van der Waals surface area contributed by atoms with Gasteiger partial charge in [-0.05, 0) is 47.9 Å². The molecule has 4 rings (SSSR count). The molecule has 33 heavy (non-hydrogen) atoms. The number of nitrogens with one attached hydrogen (secondary N) is 2. The van der Waals surface area contributed by atoms with E-state index in [0.717, 1.165) is 17.5 Å². The van der Waals surface area contributed by atoms with Crippen LogP contribution in [0.15, 0.2) is 48.5 Å². The summed E-state index contributed by atoms with van der Waals surface area (Å²) in [5, 5.41) is 14.7. The van der Waals surface area contributed by atoms with Gasteiger partial charge in [-0.25, -0.2) is 4.79 Å². The standard InChI is InChI=1S/C26H30N2O5/c1-2-17(14-24(30)31)27-23(29)15-26(12-7-13-26)28-25(32)33-16-22-20-10-5-3-8-18(20)19-9-4-6-11-21(19)22/h3-6,8-11,17,22H,2,7,12-16H2,1H3,(H,27,29)(H,28,32)(H,30,31). The molecule has 3 N–H and O–H groups in total. The smallest absolute Gasteiger partial charge is 0.407 e. The Labute approximate surface area is 193 Å². The van der Waals surface area contributed by atoms with E-state index in [-0.39, 0.29) is 31.3 Å². The Bertz CT molecular complexity index is 1000. The number of carbonyl (C=O) groups excluding carboxylic acids is 2. The molecule has 0 aromatic heterocycles. The topological polar surface area (TPSA) is 105 Å². The number of rotatable bonds is 9. The second-order valence-corrected chi connectivity index (χ2v) is 9.03. The van der Waals surface area contributed by atoms with Gasteiger partial charge in [-0.3, -0.25) is 9.59 Å². The summed E-state index contributed by atoms with van der Waals surface area (Å²) in [5.41, 5.74) is 4.00. The van der Waals surface area contributed by atoms with Crippen molar-refractivity contribution in [1.82, 2.24) is 10.6 Å². The molecule has 0 heterocycles. The molecule has 0 saturated heterocycles. The number of aliphatic carboxylic acids is 1. The minimum atomic E-state index is -0.947. The highest BCUT2D eigenvalue weighted by Crippen LogP contribution is 2.44. The van der Waals surface area contributed by atoms with Crippen LogP contribution in [-0.4, -0.2) is 41.3 Å². The Hall–Kier alpha value is -3.35. The molecule has 1 atom stereocenters. The molecule has 2 aliphatic carbocycles. The highest BCUT2D eigenvalue weighted by atomic mass is 16.5. The Morgan fingerprint density at radius 3 is 2.18 bits per heavy atom. The number of hydrogen-bond donors (Lipinski definition) is 3. The molecule has 7 heteroatoms. The van der Waals surface area contributed by atoms with Crippen LogP contribution in [0.3, 0.4) is 0 Å². The van der Waals surface area contributed by atoms with Crippen molar-refractivity contribution in [2.75, 3.05) is 6.61 Å². The molecule has 7 nitrogen and oxygen atoms in total. The van der Waals surface area contributed by atoms with Crippen LogP contribution < -0.4 is 10.6 Å². The van der Waals surface area contributed by atoms with Crippen LogP contribution in [0.2, 0.25) is 0 Å². The number of ether oxygens (including phenoxy) is 1. The number of benzene rings is 2. The van der Waals surface area contributed by atoms with Crippen LogP contribution in [0.4, 0.5) is 4.79 Å². The number of carboxylic acids is 1. The molecule has 0 aliphatic heterocycles. The van der Waals surface area contributed by atoms with Crippen molar-refractivity contribution in [3.8, 4) is 11.1 Å². The summed E-state index contributed by atoms with van der Waals surface area (Å²) in [6, 6.07) is 15.9. The number of hydrogen-bond acceptors (Lipinski definition) is 4. The molecule has 0 radical (unpaired) electrons. The second-order valence-electron chi connectivity index (χ2n) is 9.03. The molecule has 1 saturated carbocycles. The normalized spacial score (nSPS) is 16.6. The van der Waals surface area contributed by atoms with E-state index in [1.807, 2.05) is 31.2 Å². The van der Waals surface area contributed by atoms with Crippen LogP contribution in [0, 0.1) is 0 Å². The molecular formula is C26H30N2O5. The molecule has 2 aromatic carbocycles. The van der Waals surface area contributed by atoms with Crippen LogP contribution in [0.25, 0.3) is 11.1 Å². The van der Waals surface area contributed by atoms with Gasteiger partial charge in [-0.2, -0.15) is 0 Å². The largest absolute Gasteiger partial charge is 0.481 e. The fourth-order valence-electron chi connectivity index (χ4n) is 4.89. The fraction of sp³-hybridized carbons (Fsp3) is 0.423. The van der Waals surface area contributed by atoms with Crippen LogP contribution in [0.1, 0.15) is 62.5 Å². The van der Waals surface area contributed by atoms with Crippen molar-refractivity contribution in [3.63, 3.8) is 0 Å². The lowest BCUT2D eigenvalue weighted by atomic mass is 9.74. The van der Waals surface area contributed by atoms with Gasteiger partial charge in [0.15, 0.2) is 0 Å². The summed E-state index contributed by atoms with van der Waals surface area (Å²) in [6.07, 6.45) is 2.32. The van der Waals surface area contributed by atoms with E-state index >= 15 is 0 Å². The van der Waals surface area contributed by atoms with E-state index in [0.29, 0.717) is 19.3 Å². The predicted molar refractivity (Wildman–Crippen MR) is 124 cm³/mol. The number of amides is 2. The van der Waals surface area contributed by atoms with E-state index in [2.05, 4.69) is 34.9 Å². The summed E-state index contributed by atoms with van der Waals surface area (Å²) in [5.74, 6) is -1.22. The zero-order valence-electron chi connectivity index (χ0n) is 18.8. The van der Waals surface area contributed by atoms with E-state index < -0.39 is 23.6 Å². The summed E-state index contributed by atoms with van der Waals surface area (Å²) in [4.78, 5) is 36.2. The van der Waals surface area contributed by atoms with Crippen LogP contribution in [-0.2, 0) is 14.3 Å². The van der Waals surface area contributed by atoms with Crippen molar-refractivity contribution >= 4 is 18.0 Å². The van der Waals surface area contributed by atoms with Crippen LogP contribution in [0.5, 0.6) is 0 Å². The monoisotopic (exact) mass is 450 g/mol. The Morgan fingerprint density at radius 2 is 1.67 bits per heavy atom. The third-order valence-corrected chi connectivity index (χ3v) is 6.80. The Balaban J connectivity index is 1.35. The average molecular weight is 451 g/mol. The van der Waals surface area contributed by atoms with Gasteiger partial charge in [-0.15, -0.1) is 0 Å². The van der Waals surface area contributed by atoms with Gasteiger partial charge in [0.2, 0.25) is 5.91 Å². The third-order valence-electron chi connectivity index (χ3n) is 6.80. The van der Waals surface area contributed by atoms with Gasteiger partial charge in [-0.1, -0.05) is 55.5 Å². The van der Waals surface area contributed by atoms with E-state index in [4.69, 9.17) is 9.84 Å². The Morgan fingerprint density at radius 1 is 1.06 bits per heavy atom. The number of alkyl carbamates (subject to hydrolysis) is 1. The maximum Gasteiger partial charge on any atom is 0.407 e. The lowest BCUT2D eigenvalue weighted by molar-refractivity contribution is -0.137. The molecule has 1 fully saturated rings. The minimum Gasteiger partial charge on any atom is -0.481 e. The fourth-order valence-corrected chi connectivity index (χ4v) is 4.89. The van der Waals surface area contributed by atoms with E-state index in [1.54, 1.807) is 0 Å². The van der Waals surface area contributed by atoms with Crippen molar-refractivity contribution < 1.29 is 24.2 Å². The van der Waals surface area contributed by atoms with Crippen molar-refractivity contribution in [3.05, 3.63) is 59.7 Å². The van der Waals surface area contributed by atoms with E-state index in [9.17, 15) is 14.4 Å². The number of carbonyl (C=O) groups is 3. The summed E-state index contributed by atoms with van der Waals surface area (Å²) >= 11 is 0. The zero-order valence-corrected chi connectivity index (χ0v) is 18.8. The molecule has 1 unspecified atom stereocenters. The molecule has 174 valence electrons. The van der Waals surface area contributed by atoms with Crippen LogP contribution >= 0.6 is 0 Å². The molecule has 2 amide bonds. The number of fused-ring (bicyclic) bond motifs is 3. The maximum atomic E-state index is 12.7. The summed E-state index contributed by atoms with van der Waals surface area (Å²) in [6.45, 7) is 2.06. The maximum absolute atomic E-state index is 12.7. The molecular weight excluding hydrogens is 420 g/mol. The van der Waals surface area contributed by atoms with Crippen molar-refractivity contribution in [2.45, 2.75) is 62.9 Å². The average Bonchev–Trinajstić information content (AvgIpc) is 3.09. The van der Waals surface area contributed by atoms with E-state index in [1.165, 1.54) is 11.1 Å². The highest BCUT2D eigenvalue weighted by Gasteiger charge is 2.41. The number of carboxylic acid groups (broad SMARTS) is 1. The van der Waals surface area contributed by atoms with Gasteiger partial charge < -0.3 is 20.5 Å². The zero-order chi connectivity index (χ0) is 23.4. The molecule has 2 aromatic rings. The van der Waals surface area contributed by atoms with Gasteiger partial charge >= 0.3 is 12.1 Å². The Kier molecular flexibility index (Phi) is 6.67. The second kappa shape index (κ2) is 9.65. The lowest BCUT2D eigenvalue weighted by Gasteiger charge is -2.41. The first-order valence-electron chi connectivity index (χ1n) is 11.5. The van der Waals surface area contributed by atoms with Gasteiger partial charge in [0.1, 0.15) is 6.61 Å². The van der Waals surface area contributed by atoms with Gasteiger partial charge in [0.05, 0.1) is 12.0 Å². The SMILES string of the molecule is CCC(CC(=O)O)NC(=O)CC1(NC(=O)OCC2c3ccccc3-c3ccccc32)CCC1. The lowest BCUT2D eigenvalue weighted by Crippen LogP contribution is -2.56. The first-order chi connectivity index (χ1) is 15.9. The molecule has 0 spiro atoms. The quantitative estimate of drug-likeness (QED) is 0.531. The third kappa shape index (κ3) is 5.02. The molecule has 2 aliphatic rings. The summed E-state index contributed by atoms with van der Waals surface area (Å²) < 4.78 is 5.65. The first-order valence-corrected chi connectivity index (χ1v) is 11.5. The first kappa shape index (κ1) is 22.8. The highest BCUT2D eigenvalue weighted by molar-refractivity contribution is 5.81. The molecule has 0 bridgehead atoms.